The molecule has 3 nitrogen and oxygen atoms in total. The molecule has 0 aliphatic carbocycles. The van der Waals surface area contributed by atoms with Crippen LogP contribution in [0.25, 0.3) is 0 Å². The Balaban J connectivity index is 1.68. The van der Waals surface area contributed by atoms with Crippen LogP contribution >= 0.6 is 0 Å². The molecule has 5 heteroatoms. The van der Waals surface area contributed by atoms with Crippen molar-refractivity contribution in [1.29, 1.82) is 0 Å². The first-order valence-electron chi connectivity index (χ1n) is 6.59. The maximum Gasteiger partial charge on any atom is 0.126 e. The van der Waals surface area contributed by atoms with Crippen molar-refractivity contribution in [3.05, 3.63) is 35.4 Å². The van der Waals surface area contributed by atoms with E-state index in [2.05, 4.69) is 17.3 Å². The van der Waals surface area contributed by atoms with E-state index >= 15 is 0 Å². The lowest BCUT2D eigenvalue weighted by atomic mass is 10.1. The number of benzene rings is 1. The summed E-state index contributed by atoms with van der Waals surface area (Å²) < 4.78 is 31.6. The fourth-order valence-corrected chi connectivity index (χ4v) is 2.24. The quantitative estimate of drug-likeness (QED) is 0.819. The minimum Gasteiger partial charge on any atom is -0.374 e. The van der Waals surface area contributed by atoms with Crippen LogP contribution in [0, 0.1) is 11.6 Å². The van der Waals surface area contributed by atoms with Gasteiger partial charge in [0.1, 0.15) is 11.6 Å². The zero-order valence-electron chi connectivity index (χ0n) is 11.2. The van der Waals surface area contributed by atoms with E-state index in [0.717, 1.165) is 32.3 Å². The molecule has 1 heterocycles. The van der Waals surface area contributed by atoms with E-state index in [4.69, 9.17) is 4.74 Å². The molecule has 1 aliphatic rings. The molecular formula is C14H20F2N2O. The lowest BCUT2D eigenvalue weighted by Gasteiger charge is -2.30. The summed E-state index contributed by atoms with van der Waals surface area (Å²) in [6.45, 7) is 4.10. The average Bonchev–Trinajstić information content (AvgIpc) is 2.34. The number of halogens is 2. The maximum atomic E-state index is 13.0. The molecule has 2 rings (SSSR count). The molecular weight excluding hydrogens is 250 g/mol. The van der Waals surface area contributed by atoms with Gasteiger partial charge in [0, 0.05) is 25.7 Å². The maximum absolute atomic E-state index is 13.0. The number of morpholine rings is 1. The Kier molecular flexibility index (Phi) is 5.24. The van der Waals surface area contributed by atoms with Crippen LogP contribution in [0.15, 0.2) is 18.2 Å². The van der Waals surface area contributed by atoms with Crippen molar-refractivity contribution in [2.75, 3.05) is 39.8 Å². The number of hydrogen-bond donors (Lipinski definition) is 1. The van der Waals surface area contributed by atoms with Gasteiger partial charge in [0.15, 0.2) is 0 Å². The van der Waals surface area contributed by atoms with E-state index < -0.39 is 11.6 Å². The Hall–Kier alpha value is -1.04. The minimum absolute atomic E-state index is 0.197. The van der Waals surface area contributed by atoms with Gasteiger partial charge in [0.25, 0.3) is 0 Å². The Labute approximate surface area is 112 Å². The summed E-state index contributed by atoms with van der Waals surface area (Å²) in [4.78, 5) is 2.23. The molecule has 0 saturated carbocycles. The summed E-state index contributed by atoms with van der Waals surface area (Å²) in [7, 11) is 2.07. The zero-order valence-corrected chi connectivity index (χ0v) is 11.2. The van der Waals surface area contributed by atoms with Crippen LogP contribution in [-0.2, 0) is 11.2 Å². The number of ether oxygens (including phenoxy) is 1. The summed E-state index contributed by atoms with van der Waals surface area (Å²) in [6, 6.07) is 3.63. The van der Waals surface area contributed by atoms with Crippen molar-refractivity contribution in [3.63, 3.8) is 0 Å². The molecule has 1 saturated heterocycles. The Morgan fingerprint density at radius 2 is 2.05 bits per heavy atom. The molecule has 1 aliphatic heterocycles. The van der Waals surface area contributed by atoms with Gasteiger partial charge in [-0.25, -0.2) is 8.78 Å². The Morgan fingerprint density at radius 1 is 1.32 bits per heavy atom. The predicted octanol–water partition coefficient (Wildman–Crippen LogP) is 1.43. The summed E-state index contributed by atoms with van der Waals surface area (Å²) in [5, 5.41) is 3.27. The van der Waals surface area contributed by atoms with Gasteiger partial charge in [-0.1, -0.05) is 0 Å². The van der Waals surface area contributed by atoms with Crippen molar-refractivity contribution in [1.82, 2.24) is 10.2 Å². The van der Waals surface area contributed by atoms with Gasteiger partial charge < -0.3 is 15.0 Å². The third-order valence-electron chi connectivity index (χ3n) is 3.23. The Morgan fingerprint density at radius 3 is 2.74 bits per heavy atom. The minimum atomic E-state index is -0.521. The van der Waals surface area contributed by atoms with E-state index in [-0.39, 0.29) is 6.10 Å². The third-order valence-corrected chi connectivity index (χ3v) is 3.23. The molecule has 0 bridgehead atoms. The van der Waals surface area contributed by atoms with E-state index in [1.165, 1.54) is 12.1 Å². The van der Waals surface area contributed by atoms with E-state index in [1.54, 1.807) is 0 Å². The number of hydrogen-bond acceptors (Lipinski definition) is 3. The first-order valence-corrected chi connectivity index (χ1v) is 6.59. The topological polar surface area (TPSA) is 24.5 Å². The average molecular weight is 270 g/mol. The summed E-state index contributed by atoms with van der Waals surface area (Å²) in [5.41, 5.74) is 0.673. The van der Waals surface area contributed by atoms with Crippen LogP contribution in [-0.4, -0.2) is 50.8 Å². The van der Waals surface area contributed by atoms with Crippen molar-refractivity contribution in [2.45, 2.75) is 12.5 Å². The van der Waals surface area contributed by atoms with Crippen LogP contribution in [0.4, 0.5) is 8.78 Å². The lowest BCUT2D eigenvalue weighted by Crippen LogP contribution is -2.45. The van der Waals surface area contributed by atoms with Crippen LogP contribution in [0.2, 0.25) is 0 Å². The highest BCUT2D eigenvalue weighted by molar-refractivity contribution is 5.18. The molecule has 0 radical (unpaired) electrons. The van der Waals surface area contributed by atoms with Gasteiger partial charge in [-0.3, -0.25) is 0 Å². The number of nitrogens with zero attached hydrogens (tertiary/aromatic N) is 1. The van der Waals surface area contributed by atoms with Crippen molar-refractivity contribution < 1.29 is 13.5 Å². The van der Waals surface area contributed by atoms with E-state index in [0.29, 0.717) is 18.5 Å². The fraction of sp³-hybridized carbons (Fsp3) is 0.571. The standard InChI is InChI=1S/C14H20F2N2O/c1-18-4-5-19-14(10-18)9-17-3-2-11-6-12(15)8-13(16)7-11/h6-8,14,17H,2-5,9-10H2,1H3. The summed E-state index contributed by atoms with van der Waals surface area (Å²) in [6.07, 6.45) is 0.806. The summed E-state index contributed by atoms with van der Waals surface area (Å²) in [5.74, 6) is -1.04. The van der Waals surface area contributed by atoms with Crippen LogP contribution in [0.3, 0.4) is 0 Å². The SMILES string of the molecule is CN1CCOC(CNCCc2cc(F)cc(F)c2)C1. The smallest absolute Gasteiger partial charge is 0.126 e. The lowest BCUT2D eigenvalue weighted by molar-refractivity contribution is -0.0179. The number of nitrogens with one attached hydrogen (secondary N) is 1. The first-order chi connectivity index (χ1) is 9.13. The second-order valence-corrected chi connectivity index (χ2v) is 4.99. The van der Waals surface area contributed by atoms with Crippen molar-refractivity contribution in [3.8, 4) is 0 Å². The molecule has 0 amide bonds. The molecule has 0 aromatic heterocycles. The number of rotatable bonds is 5. The highest BCUT2D eigenvalue weighted by Crippen LogP contribution is 2.08. The second kappa shape index (κ2) is 6.93. The van der Waals surface area contributed by atoms with Crippen molar-refractivity contribution >= 4 is 0 Å². The zero-order chi connectivity index (χ0) is 13.7. The Bertz CT molecular complexity index is 394. The normalized spacial score (nSPS) is 20.7. The second-order valence-electron chi connectivity index (χ2n) is 4.99. The van der Waals surface area contributed by atoms with Crippen LogP contribution in [0.1, 0.15) is 5.56 Å². The predicted molar refractivity (Wildman–Crippen MR) is 70.2 cm³/mol. The van der Waals surface area contributed by atoms with Crippen molar-refractivity contribution in [2.24, 2.45) is 0 Å². The van der Waals surface area contributed by atoms with E-state index in [9.17, 15) is 8.78 Å². The van der Waals surface area contributed by atoms with Gasteiger partial charge >= 0.3 is 0 Å². The molecule has 1 aromatic rings. The fourth-order valence-electron chi connectivity index (χ4n) is 2.24. The van der Waals surface area contributed by atoms with Gasteiger partial charge in [0.05, 0.1) is 12.7 Å². The highest BCUT2D eigenvalue weighted by Gasteiger charge is 2.16. The van der Waals surface area contributed by atoms with Crippen LogP contribution in [0.5, 0.6) is 0 Å². The molecule has 0 spiro atoms. The molecule has 1 aromatic carbocycles. The molecule has 1 unspecified atom stereocenters. The first kappa shape index (κ1) is 14.4. The summed E-state index contributed by atoms with van der Waals surface area (Å²) >= 11 is 0. The molecule has 1 N–H and O–H groups in total. The number of likely N-dealkylation sites (N-methyl/N-ethyl adjacent to an activating group) is 1. The van der Waals surface area contributed by atoms with Crippen LogP contribution < -0.4 is 5.32 Å². The van der Waals surface area contributed by atoms with Gasteiger partial charge in [-0.15, -0.1) is 0 Å². The van der Waals surface area contributed by atoms with Gasteiger partial charge in [-0.2, -0.15) is 0 Å². The largest absolute Gasteiger partial charge is 0.374 e. The molecule has 1 fully saturated rings. The molecule has 106 valence electrons. The molecule has 1 atom stereocenters. The third kappa shape index (κ3) is 4.86. The van der Waals surface area contributed by atoms with Gasteiger partial charge in [-0.05, 0) is 37.7 Å². The van der Waals surface area contributed by atoms with E-state index in [1.807, 2.05) is 0 Å². The monoisotopic (exact) mass is 270 g/mol. The van der Waals surface area contributed by atoms with Gasteiger partial charge in [0.2, 0.25) is 0 Å². The highest BCUT2D eigenvalue weighted by atomic mass is 19.1. The molecule has 19 heavy (non-hydrogen) atoms.